The van der Waals surface area contributed by atoms with Crippen LogP contribution in [-0.2, 0) is 16.0 Å². The number of anilines is 2. The minimum atomic E-state index is -0.585. The molecule has 2 amide bonds. The number of thioether (sulfide) groups is 1. The maximum atomic E-state index is 13.6. The quantitative estimate of drug-likeness (QED) is 0.300. The Balaban J connectivity index is 1.74. The molecule has 3 aromatic rings. The van der Waals surface area contributed by atoms with E-state index in [0.717, 1.165) is 16.7 Å². The molecule has 1 N–H and O–H groups in total. The van der Waals surface area contributed by atoms with Crippen LogP contribution in [0.4, 0.5) is 11.4 Å². The van der Waals surface area contributed by atoms with E-state index in [1.165, 1.54) is 16.7 Å². The standard InChI is InChI=1S/C27H21Cl2N3O2S/c1-16-6-10-19(11-7-16)31-25(33)21(15-30)27-32(20-12-8-17(2)9-13-20)26(34)23(35-27)14-18-4-3-5-22(28)24(18)29/h3-13,23H,14H2,1-2H3,(H,31,33)/b27-21-. The van der Waals surface area contributed by atoms with Gasteiger partial charge in [0.2, 0.25) is 5.91 Å². The number of nitriles is 1. The number of benzene rings is 3. The fourth-order valence-corrected chi connectivity index (χ4v) is 5.34. The van der Waals surface area contributed by atoms with Crippen molar-refractivity contribution in [2.45, 2.75) is 25.5 Å². The third kappa shape index (κ3) is 5.38. The van der Waals surface area contributed by atoms with Gasteiger partial charge in [0, 0.05) is 11.4 Å². The summed E-state index contributed by atoms with van der Waals surface area (Å²) < 4.78 is 0. The van der Waals surface area contributed by atoms with Crippen molar-refractivity contribution in [3.63, 3.8) is 0 Å². The van der Waals surface area contributed by atoms with Gasteiger partial charge in [-0.25, -0.2) is 0 Å². The molecule has 0 bridgehead atoms. The summed E-state index contributed by atoms with van der Waals surface area (Å²) in [7, 11) is 0. The van der Waals surface area contributed by atoms with Gasteiger partial charge in [0.1, 0.15) is 16.7 Å². The number of nitrogens with zero attached hydrogens (tertiary/aromatic N) is 2. The fraction of sp³-hybridized carbons (Fsp3) is 0.148. The summed E-state index contributed by atoms with van der Waals surface area (Å²) in [6.07, 6.45) is 0.299. The van der Waals surface area contributed by atoms with Crippen LogP contribution in [0, 0.1) is 25.2 Å². The van der Waals surface area contributed by atoms with Crippen molar-refractivity contribution in [1.82, 2.24) is 0 Å². The van der Waals surface area contributed by atoms with Gasteiger partial charge in [-0.15, -0.1) is 0 Å². The van der Waals surface area contributed by atoms with Crippen LogP contribution in [0.1, 0.15) is 16.7 Å². The van der Waals surface area contributed by atoms with E-state index in [2.05, 4.69) is 5.32 Å². The van der Waals surface area contributed by atoms with E-state index in [-0.39, 0.29) is 16.5 Å². The minimum Gasteiger partial charge on any atom is -0.321 e. The number of amides is 2. The van der Waals surface area contributed by atoms with Crippen molar-refractivity contribution < 1.29 is 9.59 Å². The lowest BCUT2D eigenvalue weighted by Gasteiger charge is -2.19. The van der Waals surface area contributed by atoms with Gasteiger partial charge in [-0.3, -0.25) is 14.5 Å². The topological polar surface area (TPSA) is 73.2 Å². The molecule has 1 unspecified atom stereocenters. The van der Waals surface area contributed by atoms with E-state index in [9.17, 15) is 14.9 Å². The number of nitrogens with one attached hydrogen (secondary N) is 1. The average Bonchev–Trinajstić information content (AvgIpc) is 3.15. The number of rotatable bonds is 5. The van der Waals surface area contributed by atoms with Crippen molar-refractivity contribution in [3.8, 4) is 6.07 Å². The Hall–Kier alpha value is -3.24. The molecular formula is C27H21Cl2N3O2S. The van der Waals surface area contributed by atoms with Crippen LogP contribution < -0.4 is 10.2 Å². The molecule has 1 atom stereocenters. The first-order valence-corrected chi connectivity index (χ1v) is 12.4. The maximum absolute atomic E-state index is 13.6. The molecule has 3 aromatic carbocycles. The zero-order valence-electron chi connectivity index (χ0n) is 19.0. The van der Waals surface area contributed by atoms with Crippen LogP contribution in [0.15, 0.2) is 77.3 Å². The first kappa shape index (κ1) is 24.9. The lowest BCUT2D eigenvalue weighted by molar-refractivity contribution is -0.117. The number of carbonyl (C=O) groups is 2. The summed E-state index contributed by atoms with van der Waals surface area (Å²) in [4.78, 5) is 28.2. The van der Waals surface area contributed by atoms with Gasteiger partial charge in [-0.1, -0.05) is 82.5 Å². The highest BCUT2D eigenvalue weighted by Gasteiger charge is 2.41. The van der Waals surface area contributed by atoms with E-state index < -0.39 is 11.2 Å². The molecule has 0 spiro atoms. The Bertz CT molecular complexity index is 1360. The van der Waals surface area contributed by atoms with Crippen molar-refractivity contribution in [2.75, 3.05) is 10.2 Å². The largest absolute Gasteiger partial charge is 0.321 e. The van der Waals surface area contributed by atoms with Crippen molar-refractivity contribution in [3.05, 3.63) is 104 Å². The highest BCUT2D eigenvalue weighted by Crippen LogP contribution is 2.43. The van der Waals surface area contributed by atoms with Crippen molar-refractivity contribution in [2.24, 2.45) is 0 Å². The van der Waals surface area contributed by atoms with E-state index in [1.807, 2.05) is 50.2 Å². The Morgan fingerprint density at radius 3 is 2.29 bits per heavy atom. The van der Waals surface area contributed by atoms with Gasteiger partial charge >= 0.3 is 0 Å². The number of hydrogen-bond donors (Lipinski definition) is 1. The first-order chi connectivity index (χ1) is 16.8. The molecule has 35 heavy (non-hydrogen) atoms. The fourth-order valence-electron chi connectivity index (χ4n) is 3.65. The van der Waals surface area contributed by atoms with Crippen LogP contribution in [0.5, 0.6) is 0 Å². The summed E-state index contributed by atoms with van der Waals surface area (Å²) in [5, 5.41) is 13.2. The number of hydrogen-bond acceptors (Lipinski definition) is 4. The first-order valence-electron chi connectivity index (χ1n) is 10.8. The Labute approximate surface area is 218 Å². The third-order valence-electron chi connectivity index (χ3n) is 5.54. The van der Waals surface area contributed by atoms with Crippen LogP contribution in [0.3, 0.4) is 0 Å². The zero-order valence-corrected chi connectivity index (χ0v) is 21.3. The maximum Gasteiger partial charge on any atom is 0.269 e. The predicted octanol–water partition coefficient (Wildman–Crippen LogP) is 6.68. The highest BCUT2D eigenvalue weighted by molar-refractivity contribution is 8.05. The second-order valence-electron chi connectivity index (χ2n) is 8.14. The van der Waals surface area contributed by atoms with Crippen LogP contribution >= 0.6 is 35.0 Å². The minimum absolute atomic E-state index is 0.135. The van der Waals surface area contributed by atoms with E-state index in [1.54, 1.807) is 36.4 Å². The normalized spacial score (nSPS) is 16.7. The number of carbonyl (C=O) groups excluding carboxylic acids is 2. The summed E-state index contributed by atoms with van der Waals surface area (Å²) in [5.41, 5.74) is 3.80. The second kappa shape index (κ2) is 10.6. The molecule has 1 saturated heterocycles. The predicted molar refractivity (Wildman–Crippen MR) is 143 cm³/mol. The Morgan fingerprint density at radius 2 is 1.66 bits per heavy atom. The van der Waals surface area contributed by atoms with Crippen LogP contribution in [0.2, 0.25) is 10.0 Å². The molecular weight excluding hydrogens is 501 g/mol. The van der Waals surface area contributed by atoms with Crippen molar-refractivity contribution >= 4 is 58.2 Å². The summed E-state index contributed by atoms with van der Waals surface area (Å²) in [5.74, 6) is -0.814. The summed E-state index contributed by atoms with van der Waals surface area (Å²) in [6, 6.07) is 21.9. The third-order valence-corrected chi connectivity index (χ3v) is 7.66. The molecule has 0 radical (unpaired) electrons. The summed E-state index contributed by atoms with van der Waals surface area (Å²) >= 11 is 13.7. The average molecular weight is 522 g/mol. The Kier molecular flexibility index (Phi) is 7.51. The molecule has 1 aliphatic heterocycles. The van der Waals surface area contributed by atoms with Gasteiger partial charge in [0.05, 0.1) is 15.3 Å². The molecule has 0 saturated carbocycles. The molecule has 0 aromatic heterocycles. The molecule has 1 fully saturated rings. The summed E-state index contributed by atoms with van der Waals surface area (Å²) in [6.45, 7) is 3.89. The van der Waals surface area contributed by atoms with E-state index >= 15 is 0 Å². The molecule has 1 heterocycles. The highest BCUT2D eigenvalue weighted by atomic mass is 35.5. The van der Waals surface area contributed by atoms with Gasteiger partial charge in [-0.05, 0) is 56.2 Å². The van der Waals surface area contributed by atoms with Crippen LogP contribution in [-0.4, -0.2) is 17.1 Å². The lowest BCUT2D eigenvalue weighted by atomic mass is 10.1. The molecule has 8 heteroatoms. The molecule has 5 nitrogen and oxygen atoms in total. The van der Waals surface area contributed by atoms with Gasteiger partial charge in [-0.2, -0.15) is 5.26 Å². The van der Waals surface area contributed by atoms with E-state index in [0.29, 0.717) is 27.8 Å². The molecule has 4 rings (SSSR count). The van der Waals surface area contributed by atoms with E-state index in [4.69, 9.17) is 23.2 Å². The van der Waals surface area contributed by atoms with Crippen molar-refractivity contribution in [1.29, 1.82) is 5.26 Å². The monoisotopic (exact) mass is 521 g/mol. The number of halogens is 2. The second-order valence-corrected chi connectivity index (χ2v) is 10.1. The van der Waals surface area contributed by atoms with Gasteiger partial charge in [0.15, 0.2) is 0 Å². The van der Waals surface area contributed by atoms with Gasteiger partial charge < -0.3 is 5.32 Å². The molecule has 1 aliphatic rings. The lowest BCUT2D eigenvalue weighted by Crippen LogP contribution is -2.31. The smallest absolute Gasteiger partial charge is 0.269 e. The molecule has 176 valence electrons. The molecule has 0 aliphatic carbocycles. The van der Waals surface area contributed by atoms with Gasteiger partial charge in [0.25, 0.3) is 5.91 Å². The zero-order chi connectivity index (χ0) is 25.1. The van der Waals surface area contributed by atoms with Crippen LogP contribution in [0.25, 0.3) is 0 Å². The Morgan fingerprint density at radius 1 is 1.03 bits per heavy atom. The SMILES string of the molecule is Cc1ccc(NC(=O)/C(C#N)=C2\SC(Cc3cccc(Cl)c3Cl)C(=O)N2c2ccc(C)cc2)cc1. The number of aryl methyl sites for hydroxylation is 2.